The molecule has 1 amide bonds. The van der Waals surface area contributed by atoms with Crippen molar-refractivity contribution < 1.29 is 4.79 Å². The van der Waals surface area contributed by atoms with Gasteiger partial charge in [0, 0.05) is 20.1 Å². The van der Waals surface area contributed by atoms with E-state index in [0.717, 1.165) is 14.4 Å². The van der Waals surface area contributed by atoms with Gasteiger partial charge < -0.3 is 11.1 Å². The first kappa shape index (κ1) is 13.7. The molecule has 4 nitrogen and oxygen atoms in total. The van der Waals surface area contributed by atoms with E-state index >= 15 is 0 Å². The van der Waals surface area contributed by atoms with Gasteiger partial charge >= 0.3 is 0 Å². The van der Waals surface area contributed by atoms with Crippen LogP contribution in [0.5, 0.6) is 0 Å². The Morgan fingerprint density at radius 1 is 1.56 bits per heavy atom. The first-order valence-electron chi connectivity index (χ1n) is 5.28. The number of nitrogens with zero attached hydrogens (tertiary/aromatic N) is 1. The van der Waals surface area contributed by atoms with Gasteiger partial charge in [-0.2, -0.15) is 0 Å². The molecule has 0 aliphatic carbocycles. The number of rotatable bonds is 4. The Kier molecular flexibility index (Phi) is 4.50. The molecular formula is C11H12BrN3OS2. The smallest absolute Gasteiger partial charge is 0.271 e. The Morgan fingerprint density at radius 3 is 2.89 bits per heavy atom. The minimum atomic E-state index is -0.164. The molecule has 0 aromatic carbocycles. The zero-order valence-electron chi connectivity index (χ0n) is 9.64. The van der Waals surface area contributed by atoms with Gasteiger partial charge in [-0.25, -0.2) is 4.98 Å². The predicted octanol–water partition coefficient (Wildman–Crippen LogP) is 2.92. The molecule has 0 fully saturated rings. The molecule has 2 aromatic heterocycles. The highest BCUT2D eigenvalue weighted by Crippen LogP contribution is 2.20. The van der Waals surface area contributed by atoms with E-state index in [1.807, 2.05) is 18.4 Å². The van der Waals surface area contributed by atoms with Crippen LogP contribution in [-0.2, 0) is 6.54 Å². The predicted molar refractivity (Wildman–Crippen MR) is 77.9 cm³/mol. The standard InChI is InChI=1S/C11H12BrN3OS2/c1-6(13)11-15-9(5-18-11)10(16)14-3-8-2-7(12)4-17-8/h2,4-6H,3,13H2,1H3,(H,14,16). The van der Waals surface area contributed by atoms with Crippen LogP contribution in [-0.4, -0.2) is 10.9 Å². The summed E-state index contributed by atoms with van der Waals surface area (Å²) in [6.07, 6.45) is 0. The number of hydrogen-bond donors (Lipinski definition) is 2. The van der Waals surface area contributed by atoms with E-state index < -0.39 is 0 Å². The summed E-state index contributed by atoms with van der Waals surface area (Å²) in [5, 5.41) is 7.33. The number of thiophene rings is 1. The Morgan fingerprint density at radius 2 is 2.33 bits per heavy atom. The lowest BCUT2D eigenvalue weighted by Crippen LogP contribution is -2.22. The van der Waals surface area contributed by atoms with Crippen molar-refractivity contribution in [1.29, 1.82) is 0 Å². The van der Waals surface area contributed by atoms with Crippen LogP contribution in [0.1, 0.15) is 33.3 Å². The van der Waals surface area contributed by atoms with Crippen molar-refractivity contribution in [3.05, 3.63) is 36.9 Å². The minimum absolute atomic E-state index is 0.134. The SMILES string of the molecule is CC(N)c1nc(C(=O)NCc2cc(Br)cs2)cs1. The van der Waals surface area contributed by atoms with Gasteiger partial charge in [0.25, 0.3) is 5.91 Å². The molecule has 2 aromatic rings. The van der Waals surface area contributed by atoms with E-state index in [4.69, 9.17) is 5.73 Å². The van der Waals surface area contributed by atoms with Crippen LogP contribution in [0.4, 0.5) is 0 Å². The summed E-state index contributed by atoms with van der Waals surface area (Å²) in [4.78, 5) is 17.1. The topological polar surface area (TPSA) is 68.0 Å². The number of amides is 1. The van der Waals surface area contributed by atoms with Crippen LogP contribution in [0.25, 0.3) is 0 Å². The molecule has 2 heterocycles. The molecule has 0 saturated carbocycles. The molecule has 1 unspecified atom stereocenters. The zero-order chi connectivity index (χ0) is 13.1. The number of aromatic nitrogens is 1. The Bertz CT molecular complexity index is 550. The summed E-state index contributed by atoms with van der Waals surface area (Å²) in [6.45, 7) is 2.36. The minimum Gasteiger partial charge on any atom is -0.346 e. The molecule has 0 bridgehead atoms. The van der Waals surface area contributed by atoms with Crippen LogP contribution in [0.3, 0.4) is 0 Å². The Labute approximate surface area is 121 Å². The van der Waals surface area contributed by atoms with E-state index in [1.54, 1.807) is 16.7 Å². The Balaban J connectivity index is 1.95. The maximum absolute atomic E-state index is 11.8. The lowest BCUT2D eigenvalue weighted by molar-refractivity contribution is 0.0947. The second-order valence-corrected chi connectivity index (χ2v) is 6.57. The van der Waals surface area contributed by atoms with Crippen molar-refractivity contribution in [3.63, 3.8) is 0 Å². The maximum Gasteiger partial charge on any atom is 0.271 e. The van der Waals surface area contributed by atoms with Crippen molar-refractivity contribution in [1.82, 2.24) is 10.3 Å². The second-order valence-electron chi connectivity index (χ2n) is 3.77. The molecule has 18 heavy (non-hydrogen) atoms. The number of nitrogens with two attached hydrogens (primary N) is 1. The van der Waals surface area contributed by atoms with E-state index in [9.17, 15) is 4.79 Å². The summed E-state index contributed by atoms with van der Waals surface area (Å²) in [5.41, 5.74) is 6.14. The van der Waals surface area contributed by atoms with Gasteiger partial charge in [0.2, 0.25) is 0 Å². The lowest BCUT2D eigenvalue weighted by atomic mass is 10.4. The molecule has 7 heteroatoms. The number of carbonyl (C=O) groups excluding carboxylic acids is 1. The number of nitrogens with one attached hydrogen (secondary N) is 1. The zero-order valence-corrected chi connectivity index (χ0v) is 12.9. The number of thiazole rings is 1. The fourth-order valence-corrected chi connectivity index (χ4v) is 3.45. The summed E-state index contributed by atoms with van der Waals surface area (Å²) in [5.74, 6) is -0.164. The average Bonchev–Trinajstić information content (AvgIpc) is 2.94. The van der Waals surface area contributed by atoms with Crippen molar-refractivity contribution >= 4 is 44.5 Å². The van der Waals surface area contributed by atoms with Crippen LogP contribution < -0.4 is 11.1 Å². The van der Waals surface area contributed by atoms with E-state index in [2.05, 4.69) is 26.2 Å². The van der Waals surface area contributed by atoms with E-state index in [0.29, 0.717) is 12.2 Å². The van der Waals surface area contributed by atoms with Gasteiger partial charge in [-0.05, 0) is 28.9 Å². The van der Waals surface area contributed by atoms with Gasteiger partial charge in [0.05, 0.1) is 12.6 Å². The van der Waals surface area contributed by atoms with Crippen molar-refractivity contribution in [2.45, 2.75) is 19.5 Å². The third-order valence-corrected chi connectivity index (χ3v) is 4.93. The summed E-state index contributed by atoms with van der Waals surface area (Å²) in [6, 6.07) is 1.85. The highest BCUT2D eigenvalue weighted by molar-refractivity contribution is 9.10. The Hall–Kier alpha value is -0.760. The van der Waals surface area contributed by atoms with Gasteiger partial charge in [-0.1, -0.05) is 0 Å². The molecule has 0 radical (unpaired) electrons. The fraction of sp³-hybridized carbons (Fsp3) is 0.273. The normalized spacial score (nSPS) is 12.4. The molecular weight excluding hydrogens is 334 g/mol. The molecule has 0 spiro atoms. The molecule has 0 aliphatic heterocycles. The number of hydrogen-bond acceptors (Lipinski definition) is 5. The third-order valence-electron chi connectivity index (χ3n) is 2.19. The molecule has 3 N–H and O–H groups in total. The van der Waals surface area contributed by atoms with Gasteiger partial charge in [-0.15, -0.1) is 22.7 Å². The first-order chi connectivity index (χ1) is 8.56. The molecule has 0 saturated heterocycles. The number of halogens is 1. The lowest BCUT2D eigenvalue weighted by Gasteiger charge is -2.01. The van der Waals surface area contributed by atoms with Gasteiger partial charge in [0.15, 0.2) is 0 Å². The molecule has 2 rings (SSSR count). The quantitative estimate of drug-likeness (QED) is 0.894. The average molecular weight is 346 g/mol. The van der Waals surface area contributed by atoms with Crippen LogP contribution in [0.2, 0.25) is 0 Å². The van der Waals surface area contributed by atoms with Gasteiger partial charge in [-0.3, -0.25) is 4.79 Å². The van der Waals surface area contributed by atoms with E-state index in [1.165, 1.54) is 11.3 Å². The fourth-order valence-electron chi connectivity index (χ4n) is 1.31. The van der Waals surface area contributed by atoms with Crippen molar-refractivity contribution in [2.75, 3.05) is 0 Å². The first-order valence-corrected chi connectivity index (χ1v) is 7.83. The molecule has 0 aliphatic rings. The van der Waals surface area contributed by atoms with Crippen molar-refractivity contribution in [2.24, 2.45) is 5.73 Å². The summed E-state index contributed by atoms with van der Waals surface area (Å²) < 4.78 is 1.03. The highest BCUT2D eigenvalue weighted by Gasteiger charge is 2.12. The largest absolute Gasteiger partial charge is 0.346 e. The van der Waals surface area contributed by atoms with Crippen molar-refractivity contribution in [3.8, 4) is 0 Å². The number of carbonyl (C=O) groups is 1. The van der Waals surface area contributed by atoms with E-state index in [-0.39, 0.29) is 11.9 Å². The monoisotopic (exact) mass is 345 g/mol. The molecule has 1 atom stereocenters. The molecule has 96 valence electrons. The summed E-state index contributed by atoms with van der Waals surface area (Å²) >= 11 is 6.38. The van der Waals surface area contributed by atoms with Crippen LogP contribution in [0.15, 0.2) is 21.3 Å². The highest BCUT2D eigenvalue weighted by atomic mass is 79.9. The summed E-state index contributed by atoms with van der Waals surface area (Å²) in [7, 11) is 0. The second kappa shape index (κ2) is 5.92. The third kappa shape index (κ3) is 3.38. The van der Waals surface area contributed by atoms with Crippen LogP contribution in [0, 0.1) is 0 Å². The van der Waals surface area contributed by atoms with Crippen LogP contribution >= 0.6 is 38.6 Å². The van der Waals surface area contributed by atoms with Gasteiger partial charge in [0.1, 0.15) is 10.7 Å². The maximum atomic E-state index is 11.8.